The fourth-order valence-electron chi connectivity index (χ4n) is 3.20. The van der Waals surface area contributed by atoms with Crippen LogP contribution >= 0.6 is 0 Å². The normalized spacial score (nSPS) is 16.3. The molecule has 0 radical (unpaired) electrons. The Bertz CT molecular complexity index is 954. The Kier molecular flexibility index (Phi) is 4.41. The molecule has 0 aromatic carbocycles. The molecular formula is C17H25N5O4. The van der Waals surface area contributed by atoms with Gasteiger partial charge in [-0.3, -0.25) is 13.9 Å². The van der Waals surface area contributed by atoms with E-state index < -0.39 is 11.3 Å². The minimum absolute atomic E-state index is 0.0981. The number of piperidine rings is 1. The lowest BCUT2D eigenvalue weighted by atomic mass is 9.96. The van der Waals surface area contributed by atoms with Gasteiger partial charge in [-0.2, -0.15) is 0 Å². The maximum atomic E-state index is 12.3. The largest absolute Gasteiger partial charge is 0.444 e. The SMILES string of the molecule is Cn1c(=O)c2[nH]c(C3CCN(C(=O)OC(C)(C)C)CC3)nc2n(C)c1=O. The highest BCUT2D eigenvalue weighted by Gasteiger charge is 2.29. The number of amides is 1. The lowest BCUT2D eigenvalue weighted by Gasteiger charge is -2.32. The minimum atomic E-state index is -0.516. The highest BCUT2D eigenvalue weighted by molar-refractivity contribution is 5.70. The van der Waals surface area contributed by atoms with Crippen molar-refractivity contribution in [1.29, 1.82) is 0 Å². The number of nitrogens with one attached hydrogen (secondary N) is 1. The van der Waals surface area contributed by atoms with Gasteiger partial charge < -0.3 is 14.6 Å². The van der Waals surface area contributed by atoms with Gasteiger partial charge in [0.1, 0.15) is 16.9 Å². The van der Waals surface area contributed by atoms with E-state index in [9.17, 15) is 14.4 Å². The average molecular weight is 363 g/mol. The number of rotatable bonds is 1. The fraction of sp³-hybridized carbons (Fsp3) is 0.647. The van der Waals surface area contributed by atoms with E-state index in [1.807, 2.05) is 20.8 Å². The van der Waals surface area contributed by atoms with E-state index in [2.05, 4.69) is 9.97 Å². The quantitative estimate of drug-likeness (QED) is 0.817. The molecule has 0 atom stereocenters. The van der Waals surface area contributed by atoms with Gasteiger partial charge in [0, 0.05) is 33.1 Å². The number of carbonyl (C=O) groups excluding carboxylic acids is 1. The Hall–Kier alpha value is -2.58. The summed E-state index contributed by atoms with van der Waals surface area (Å²) >= 11 is 0. The summed E-state index contributed by atoms with van der Waals surface area (Å²) in [6, 6.07) is 0. The molecule has 9 heteroatoms. The van der Waals surface area contributed by atoms with Crippen molar-refractivity contribution in [2.75, 3.05) is 13.1 Å². The molecule has 9 nitrogen and oxygen atoms in total. The van der Waals surface area contributed by atoms with Crippen LogP contribution in [0, 0.1) is 0 Å². The first-order chi connectivity index (χ1) is 12.1. The number of ether oxygens (including phenoxy) is 1. The van der Waals surface area contributed by atoms with Crippen LogP contribution in [0.5, 0.6) is 0 Å². The number of carbonyl (C=O) groups is 1. The van der Waals surface area contributed by atoms with Crippen LogP contribution in [0.1, 0.15) is 45.4 Å². The van der Waals surface area contributed by atoms with Crippen LogP contribution < -0.4 is 11.2 Å². The number of aryl methyl sites for hydroxylation is 1. The molecule has 0 aliphatic carbocycles. The van der Waals surface area contributed by atoms with E-state index in [0.717, 1.165) is 4.57 Å². The van der Waals surface area contributed by atoms with Crippen molar-refractivity contribution >= 4 is 17.3 Å². The third kappa shape index (κ3) is 3.25. The molecule has 1 fully saturated rings. The predicted molar refractivity (Wildman–Crippen MR) is 96.4 cm³/mol. The summed E-state index contributed by atoms with van der Waals surface area (Å²) in [7, 11) is 3.05. The lowest BCUT2D eigenvalue weighted by Crippen LogP contribution is -2.41. The number of aromatic amines is 1. The molecule has 0 unspecified atom stereocenters. The van der Waals surface area contributed by atoms with Gasteiger partial charge in [0.25, 0.3) is 5.56 Å². The molecule has 0 bridgehead atoms. The van der Waals surface area contributed by atoms with Gasteiger partial charge in [0.15, 0.2) is 5.65 Å². The second kappa shape index (κ2) is 6.30. The molecule has 1 aliphatic rings. The second-order valence-corrected chi connectivity index (χ2v) is 7.77. The van der Waals surface area contributed by atoms with Crippen LogP contribution in [0.15, 0.2) is 9.59 Å². The molecule has 142 valence electrons. The summed E-state index contributed by atoms with van der Waals surface area (Å²) < 4.78 is 7.84. The predicted octanol–water partition coefficient (Wildman–Crippen LogP) is 1.07. The van der Waals surface area contributed by atoms with Crippen molar-refractivity contribution in [2.45, 2.75) is 45.1 Å². The summed E-state index contributed by atoms with van der Waals surface area (Å²) in [5.41, 5.74) is -0.604. The van der Waals surface area contributed by atoms with Crippen LogP contribution in [0.4, 0.5) is 4.79 Å². The monoisotopic (exact) mass is 363 g/mol. The number of likely N-dealkylation sites (tertiary alicyclic amines) is 1. The van der Waals surface area contributed by atoms with Gasteiger partial charge in [0.05, 0.1) is 0 Å². The number of aromatic nitrogens is 4. The molecule has 26 heavy (non-hydrogen) atoms. The zero-order valence-corrected chi connectivity index (χ0v) is 15.8. The van der Waals surface area contributed by atoms with Crippen LogP contribution in [-0.4, -0.2) is 48.8 Å². The van der Waals surface area contributed by atoms with Crippen molar-refractivity contribution in [3.05, 3.63) is 26.7 Å². The molecule has 1 amide bonds. The number of fused-ring (bicyclic) bond motifs is 1. The van der Waals surface area contributed by atoms with Crippen LogP contribution in [0.3, 0.4) is 0 Å². The molecule has 2 aromatic rings. The molecular weight excluding hydrogens is 338 g/mol. The van der Waals surface area contributed by atoms with Gasteiger partial charge in [-0.15, -0.1) is 0 Å². The van der Waals surface area contributed by atoms with E-state index in [4.69, 9.17) is 4.74 Å². The number of imidazole rings is 1. The molecule has 0 saturated carbocycles. The van der Waals surface area contributed by atoms with Crippen molar-refractivity contribution in [2.24, 2.45) is 14.1 Å². The Morgan fingerprint density at radius 2 is 1.77 bits per heavy atom. The van der Waals surface area contributed by atoms with E-state index in [1.54, 1.807) is 11.9 Å². The van der Waals surface area contributed by atoms with Crippen LogP contribution in [-0.2, 0) is 18.8 Å². The number of nitrogens with zero attached hydrogens (tertiary/aromatic N) is 4. The third-order valence-electron chi connectivity index (χ3n) is 4.65. The molecule has 3 heterocycles. The molecule has 1 aliphatic heterocycles. The van der Waals surface area contributed by atoms with E-state index in [0.29, 0.717) is 42.9 Å². The maximum absolute atomic E-state index is 12.3. The first-order valence-corrected chi connectivity index (χ1v) is 8.72. The first kappa shape index (κ1) is 18.2. The van der Waals surface area contributed by atoms with Crippen molar-refractivity contribution < 1.29 is 9.53 Å². The Morgan fingerprint density at radius 1 is 1.15 bits per heavy atom. The number of hydrogen-bond donors (Lipinski definition) is 1. The molecule has 1 saturated heterocycles. The first-order valence-electron chi connectivity index (χ1n) is 8.72. The summed E-state index contributed by atoms with van der Waals surface area (Å²) in [4.78, 5) is 45.7. The lowest BCUT2D eigenvalue weighted by molar-refractivity contribution is 0.0203. The minimum Gasteiger partial charge on any atom is -0.444 e. The van der Waals surface area contributed by atoms with Gasteiger partial charge in [-0.1, -0.05) is 0 Å². The van der Waals surface area contributed by atoms with E-state index >= 15 is 0 Å². The van der Waals surface area contributed by atoms with Crippen molar-refractivity contribution in [1.82, 2.24) is 24.0 Å². The van der Waals surface area contributed by atoms with Crippen LogP contribution in [0.2, 0.25) is 0 Å². The van der Waals surface area contributed by atoms with E-state index in [-0.39, 0.29) is 17.6 Å². The molecule has 0 spiro atoms. The second-order valence-electron chi connectivity index (χ2n) is 7.77. The van der Waals surface area contributed by atoms with Gasteiger partial charge in [-0.05, 0) is 33.6 Å². The number of hydrogen-bond acceptors (Lipinski definition) is 5. The summed E-state index contributed by atoms with van der Waals surface area (Å²) in [6.45, 7) is 6.66. The topological polar surface area (TPSA) is 102 Å². The van der Waals surface area contributed by atoms with E-state index in [1.165, 1.54) is 11.6 Å². The summed E-state index contributed by atoms with van der Waals surface area (Å²) in [5, 5.41) is 0. The Balaban J connectivity index is 1.79. The van der Waals surface area contributed by atoms with Crippen molar-refractivity contribution in [3.8, 4) is 0 Å². The number of H-pyrrole nitrogens is 1. The zero-order valence-electron chi connectivity index (χ0n) is 15.8. The third-order valence-corrected chi connectivity index (χ3v) is 4.65. The molecule has 1 N–H and O–H groups in total. The average Bonchev–Trinajstić information content (AvgIpc) is 3.02. The van der Waals surface area contributed by atoms with Crippen LogP contribution in [0.25, 0.3) is 11.2 Å². The fourth-order valence-corrected chi connectivity index (χ4v) is 3.20. The van der Waals surface area contributed by atoms with Gasteiger partial charge in [0.2, 0.25) is 0 Å². The van der Waals surface area contributed by atoms with Crippen molar-refractivity contribution in [3.63, 3.8) is 0 Å². The highest BCUT2D eigenvalue weighted by atomic mass is 16.6. The molecule has 2 aromatic heterocycles. The maximum Gasteiger partial charge on any atom is 0.410 e. The smallest absolute Gasteiger partial charge is 0.410 e. The summed E-state index contributed by atoms with van der Waals surface area (Å²) in [5.74, 6) is 0.781. The summed E-state index contributed by atoms with van der Waals surface area (Å²) in [6.07, 6.45) is 1.12. The Labute approximate surface area is 150 Å². The van der Waals surface area contributed by atoms with Gasteiger partial charge >= 0.3 is 11.8 Å². The standard InChI is InChI=1S/C17H25N5O4/c1-17(2,3)26-16(25)22-8-6-10(7-9-22)12-18-11-13(19-12)20(4)15(24)21(5)14(11)23/h10H,6-9H2,1-5H3,(H,18,19). The molecule has 3 rings (SSSR count). The van der Waals surface area contributed by atoms with Gasteiger partial charge in [-0.25, -0.2) is 14.6 Å². The highest BCUT2D eigenvalue weighted by Crippen LogP contribution is 2.27. The zero-order chi connectivity index (χ0) is 19.2. The Morgan fingerprint density at radius 3 is 2.35 bits per heavy atom.